The SMILES string of the molecule is CC(=[OH+])[CH+]C(=[OH+])c1ccccc1.CC(=[OH+])[CH+]C(=[OH+])c1ccccc1.[Ti]. The molecule has 0 saturated carbocycles. The van der Waals surface area contributed by atoms with E-state index in [0.29, 0.717) is 11.1 Å². The molecule has 0 heterocycles. The molecule has 0 aromatic heterocycles. The zero-order valence-corrected chi connectivity index (χ0v) is 15.8. The van der Waals surface area contributed by atoms with Gasteiger partial charge in [0.05, 0.1) is 13.8 Å². The number of ketones is 4. The normalized spacial score (nSPS) is 8.72. The number of rotatable bonds is 6. The van der Waals surface area contributed by atoms with Crippen LogP contribution in [0.1, 0.15) is 25.0 Å². The summed E-state index contributed by atoms with van der Waals surface area (Å²) in [6.07, 6.45) is 2.63. The molecule has 0 atom stereocenters. The van der Waals surface area contributed by atoms with E-state index in [4.69, 9.17) is 9.59 Å². The van der Waals surface area contributed by atoms with Gasteiger partial charge in [0.1, 0.15) is 0 Å². The Balaban J connectivity index is 0.000000443. The number of hydrogen-bond acceptors (Lipinski definition) is 0. The third-order valence-electron chi connectivity index (χ3n) is 2.83. The summed E-state index contributed by atoms with van der Waals surface area (Å²) in [6.45, 7) is 3.03. The summed E-state index contributed by atoms with van der Waals surface area (Å²) in [7, 11) is 0. The topological polar surface area (TPSA) is 85.6 Å². The van der Waals surface area contributed by atoms with Crippen molar-refractivity contribution >= 4 is 23.1 Å². The fraction of sp³-hybridized carbons (Fsp3) is 0.100. The number of benzene rings is 2. The third-order valence-corrected chi connectivity index (χ3v) is 2.83. The summed E-state index contributed by atoms with van der Waals surface area (Å²) < 4.78 is 0. The Morgan fingerprint density at radius 2 is 0.880 bits per heavy atom. The molecular formula is C20H22O4Ti+6. The minimum atomic E-state index is 0. The molecule has 2 aromatic carbocycles. The number of hydrogen-bond donors (Lipinski definition) is 0. The van der Waals surface area contributed by atoms with Crippen molar-refractivity contribution in [1.29, 1.82) is 0 Å². The molecule has 0 bridgehead atoms. The predicted molar refractivity (Wildman–Crippen MR) is 98.8 cm³/mol. The van der Waals surface area contributed by atoms with Gasteiger partial charge in [0.2, 0.25) is 11.1 Å². The fourth-order valence-electron chi connectivity index (χ4n) is 1.78. The van der Waals surface area contributed by atoms with Crippen LogP contribution in [0.15, 0.2) is 60.7 Å². The van der Waals surface area contributed by atoms with Crippen molar-refractivity contribution in [2.75, 3.05) is 0 Å². The van der Waals surface area contributed by atoms with Crippen molar-refractivity contribution in [3.05, 3.63) is 84.6 Å². The van der Waals surface area contributed by atoms with Crippen molar-refractivity contribution in [3.8, 4) is 0 Å². The first kappa shape index (κ1) is 22.6. The van der Waals surface area contributed by atoms with Crippen LogP contribution in [-0.2, 0) is 21.7 Å². The molecule has 124 valence electrons. The van der Waals surface area contributed by atoms with Gasteiger partial charge in [-0.15, -0.1) is 0 Å². The van der Waals surface area contributed by atoms with E-state index in [1.165, 1.54) is 26.7 Å². The maximum absolute atomic E-state index is 9.37. The van der Waals surface area contributed by atoms with Crippen LogP contribution in [0, 0.1) is 12.8 Å². The maximum Gasteiger partial charge on any atom is 0.512 e. The van der Waals surface area contributed by atoms with Crippen LogP contribution in [0.2, 0.25) is 0 Å². The van der Waals surface area contributed by atoms with E-state index >= 15 is 0 Å². The van der Waals surface area contributed by atoms with Crippen LogP contribution in [-0.4, -0.2) is 42.3 Å². The zero-order chi connectivity index (χ0) is 17.9. The third kappa shape index (κ3) is 9.45. The summed E-state index contributed by atoms with van der Waals surface area (Å²) in [4.78, 5) is 36.5. The van der Waals surface area contributed by atoms with Gasteiger partial charge in [-0.3, -0.25) is 9.59 Å². The van der Waals surface area contributed by atoms with Gasteiger partial charge in [-0.2, -0.15) is 0 Å². The summed E-state index contributed by atoms with van der Waals surface area (Å²) in [5, 5.41) is 0. The molecule has 0 unspecified atom stereocenters. The van der Waals surface area contributed by atoms with Crippen LogP contribution in [0.5, 0.6) is 0 Å². The van der Waals surface area contributed by atoms with Gasteiger partial charge in [0.25, 0.3) is 12.8 Å². The summed E-state index contributed by atoms with van der Waals surface area (Å²) in [5.74, 6) is 0.346. The van der Waals surface area contributed by atoms with Gasteiger partial charge < -0.3 is 0 Å². The molecule has 5 heteroatoms. The van der Waals surface area contributed by atoms with Gasteiger partial charge >= 0.3 is 23.1 Å². The molecule has 0 fully saturated rings. The average Bonchev–Trinajstić information content (AvgIpc) is 2.56. The monoisotopic (exact) mass is 374 g/mol. The van der Waals surface area contributed by atoms with Gasteiger partial charge in [0, 0.05) is 46.0 Å². The molecule has 0 aliphatic rings. The fourth-order valence-corrected chi connectivity index (χ4v) is 1.78. The van der Waals surface area contributed by atoms with Gasteiger partial charge in [-0.25, -0.2) is 9.59 Å². The molecule has 0 aliphatic carbocycles. The Morgan fingerprint density at radius 3 is 1.12 bits per heavy atom. The molecule has 2 rings (SSSR count). The van der Waals surface area contributed by atoms with Crippen LogP contribution in [0.3, 0.4) is 0 Å². The Bertz CT molecular complexity index is 645. The average molecular weight is 374 g/mol. The quantitative estimate of drug-likeness (QED) is 0.245. The molecule has 0 amide bonds. The molecule has 25 heavy (non-hydrogen) atoms. The molecule has 4 nitrogen and oxygen atoms in total. The van der Waals surface area contributed by atoms with Crippen LogP contribution >= 0.6 is 0 Å². The summed E-state index contributed by atoms with van der Waals surface area (Å²) >= 11 is 0. The van der Waals surface area contributed by atoms with E-state index in [0.717, 1.165) is 0 Å². The minimum Gasteiger partial charge on any atom is -0.259 e. The predicted octanol–water partition coefficient (Wildman–Crippen LogP) is 2.69. The zero-order valence-electron chi connectivity index (χ0n) is 14.2. The van der Waals surface area contributed by atoms with E-state index in [-0.39, 0.29) is 44.9 Å². The van der Waals surface area contributed by atoms with Gasteiger partial charge in [-0.1, -0.05) is 12.1 Å². The summed E-state index contributed by atoms with van der Waals surface area (Å²) in [5.41, 5.74) is 1.40. The molecule has 0 saturated heterocycles. The standard InChI is InChI=1S/2C10H9O2.Ti/c2*1-8(11)7-10(12)9-5-3-2-4-6-9;/h2*2-7H,1H3;/q2*+1;/p+4. The first-order valence-corrected chi connectivity index (χ1v) is 7.37. The summed E-state index contributed by atoms with van der Waals surface area (Å²) in [6, 6.07) is 18.1. The van der Waals surface area contributed by atoms with Crippen LogP contribution in [0.4, 0.5) is 0 Å². The van der Waals surface area contributed by atoms with Gasteiger partial charge in [-0.05, 0) is 24.3 Å². The van der Waals surface area contributed by atoms with E-state index in [2.05, 4.69) is 0 Å². The minimum absolute atomic E-state index is 0. The Morgan fingerprint density at radius 1 is 0.600 bits per heavy atom. The Labute approximate surface area is 162 Å². The molecule has 0 aliphatic heterocycles. The van der Waals surface area contributed by atoms with E-state index in [1.54, 1.807) is 24.3 Å². The molecule has 4 N–H and O–H groups in total. The largest absolute Gasteiger partial charge is 0.512 e. The molecule has 0 spiro atoms. The second kappa shape index (κ2) is 12.0. The first-order valence-electron chi connectivity index (χ1n) is 7.37. The molecule has 2 aromatic rings. The second-order valence-electron chi connectivity index (χ2n) is 5.07. The van der Waals surface area contributed by atoms with E-state index in [1.807, 2.05) is 36.4 Å². The van der Waals surface area contributed by atoms with Gasteiger partial charge in [0.15, 0.2) is 0 Å². The van der Waals surface area contributed by atoms with Crippen LogP contribution < -0.4 is 0 Å². The van der Waals surface area contributed by atoms with Crippen molar-refractivity contribution in [2.24, 2.45) is 0 Å². The second-order valence-corrected chi connectivity index (χ2v) is 5.07. The molecular weight excluding hydrogens is 352 g/mol. The smallest absolute Gasteiger partial charge is 0.259 e. The maximum atomic E-state index is 9.37. The Kier molecular flexibility index (Phi) is 10.8. The Hall–Kier alpha value is -2.43. The first-order chi connectivity index (χ1) is 11.4. The number of carbonyl (C=O) groups excluding carboxylic acids is 4. The van der Waals surface area contributed by atoms with Crippen LogP contribution in [0.25, 0.3) is 0 Å². The van der Waals surface area contributed by atoms with E-state index < -0.39 is 0 Å². The van der Waals surface area contributed by atoms with Crippen molar-refractivity contribution in [1.82, 2.24) is 0 Å². The van der Waals surface area contributed by atoms with Crippen molar-refractivity contribution in [3.63, 3.8) is 0 Å². The van der Waals surface area contributed by atoms with E-state index in [9.17, 15) is 9.59 Å². The molecule has 0 radical (unpaired) electrons. The van der Waals surface area contributed by atoms with Crippen molar-refractivity contribution < 1.29 is 40.9 Å². The van der Waals surface area contributed by atoms with Crippen molar-refractivity contribution in [2.45, 2.75) is 13.8 Å².